The van der Waals surface area contributed by atoms with Gasteiger partial charge in [0, 0.05) is 6.61 Å². The lowest BCUT2D eigenvalue weighted by Gasteiger charge is -2.28. The summed E-state index contributed by atoms with van der Waals surface area (Å²) < 4.78 is 5.10. The maximum atomic E-state index is 11.9. The Morgan fingerprint density at radius 3 is 2.38 bits per heavy atom. The molecule has 0 saturated heterocycles. The van der Waals surface area contributed by atoms with Crippen molar-refractivity contribution < 1.29 is 19.8 Å². The fourth-order valence-corrected chi connectivity index (χ4v) is 1.77. The fraction of sp³-hybridized carbons (Fsp3) is 0.467. The van der Waals surface area contributed by atoms with Gasteiger partial charge in [0.2, 0.25) is 0 Å². The molecule has 1 unspecified atom stereocenters. The Labute approximate surface area is 124 Å². The van der Waals surface area contributed by atoms with E-state index in [1.54, 1.807) is 45.0 Å². The first-order valence-corrected chi connectivity index (χ1v) is 6.60. The van der Waals surface area contributed by atoms with Crippen LogP contribution in [0.2, 0.25) is 0 Å². The second-order valence-electron chi connectivity index (χ2n) is 5.59. The number of carbonyl (C=O) groups is 1. The number of hydrogen-bond acceptors (Lipinski definition) is 5. The van der Waals surface area contributed by atoms with Crippen LogP contribution in [-0.2, 0) is 4.74 Å². The van der Waals surface area contributed by atoms with Crippen molar-refractivity contribution in [3.05, 3.63) is 35.4 Å². The minimum absolute atomic E-state index is 0.154. The highest BCUT2D eigenvalue weighted by Gasteiger charge is 2.28. The smallest absolute Gasteiger partial charge is 0.434 e. The molecule has 0 aliphatic carbocycles. The highest BCUT2D eigenvalue weighted by atomic mass is 16.6. The Bertz CT molecular complexity index is 514. The first-order valence-electron chi connectivity index (χ1n) is 6.60. The van der Waals surface area contributed by atoms with Crippen molar-refractivity contribution in [1.29, 1.82) is 5.26 Å². The van der Waals surface area contributed by atoms with Gasteiger partial charge in [-0.1, -0.05) is 12.1 Å². The van der Waals surface area contributed by atoms with Crippen molar-refractivity contribution in [1.82, 2.24) is 5.06 Å². The first-order chi connectivity index (χ1) is 9.78. The molecule has 2 N–H and O–H groups in total. The fourth-order valence-electron chi connectivity index (χ4n) is 1.77. The van der Waals surface area contributed by atoms with E-state index < -0.39 is 17.7 Å². The highest BCUT2D eigenvalue weighted by molar-refractivity contribution is 5.67. The molecule has 0 radical (unpaired) electrons. The number of benzene rings is 1. The first kappa shape index (κ1) is 17.0. The monoisotopic (exact) mass is 292 g/mol. The quantitative estimate of drug-likeness (QED) is 0.657. The van der Waals surface area contributed by atoms with E-state index in [1.165, 1.54) is 0 Å². The van der Waals surface area contributed by atoms with Crippen LogP contribution in [0.5, 0.6) is 0 Å². The molecular weight excluding hydrogens is 272 g/mol. The molecule has 1 aromatic rings. The van der Waals surface area contributed by atoms with E-state index in [-0.39, 0.29) is 13.0 Å². The van der Waals surface area contributed by atoms with Gasteiger partial charge >= 0.3 is 6.09 Å². The molecule has 6 heteroatoms. The average Bonchev–Trinajstić information content (AvgIpc) is 2.42. The van der Waals surface area contributed by atoms with Crippen molar-refractivity contribution in [2.45, 2.75) is 38.8 Å². The molecule has 1 atom stereocenters. The van der Waals surface area contributed by atoms with Crippen LogP contribution in [0.25, 0.3) is 0 Å². The van der Waals surface area contributed by atoms with E-state index in [0.29, 0.717) is 16.2 Å². The Morgan fingerprint density at radius 1 is 1.38 bits per heavy atom. The molecule has 0 aliphatic rings. The normalized spacial score (nSPS) is 12.4. The van der Waals surface area contributed by atoms with E-state index in [2.05, 4.69) is 0 Å². The van der Waals surface area contributed by atoms with Crippen molar-refractivity contribution in [3.8, 4) is 6.07 Å². The summed E-state index contributed by atoms with van der Waals surface area (Å²) >= 11 is 0. The van der Waals surface area contributed by atoms with E-state index in [4.69, 9.17) is 15.1 Å². The molecule has 0 bridgehead atoms. The molecule has 1 amide bonds. The third-order valence-corrected chi connectivity index (χ3v) is 2.70. The summed E-state index contributed by atoms with van der Waals surface area (Å²) in [6.45, 7) is 4.88. The van der Waals surface area contributed by atoms with Gasteiger partial charge < -0.3 is 9.84 Å². The molecule has 0 aliphatic heterocycles. The molecule has 21 heavy (non-hydrogen) atoms. The molecule has 0 heterocycles. The van der Waals surface area contributed by atoms with Gasteiger partial charge in [0.05, 0.1) is 17.7 Å². The summed E-state index contributed by atoms with van der Waals surface area (Å²) in [5, 5.41) is 28.4. The van der Waals surface area contributed by atoms with E-state index in [9.17, 15) is 10.0 Å². The van der Waals surface area contributed by atoms with Crippen molar-refractivity contribution in [3.63, 3.8) is 0 Å². The van der Waals surface area contributed by atoms with Crippen molar-refractivity contribution >= 4 is 6.09 Å². The van der Waals surface area contributed by atoms with Gasteiger partial charge in [-0.25, -0.2) is 4.79 Å². The second-order valence-corrected chi connectivity index (χ2v) is 5.59. The molecular formula is C15H20N2O4. The Balaban J connectivity index is 2.94. The van der Waals surface area contributed by atoms with Crippen LogP contribution in [0.15, 0.2) is 24.3 Å². The molecule has 1 rings (SSSR count). The number of nitriles is 1. The van der Waals surface area contributed by atoms with Gasteiger partial charge in [-0.05, 0) is 44.9 Å². The second kappa shape index (κ2) is 7.07. The summed E-state index contributed by atoms with van der Waals surface area (Å²) in [5.41, 5.74) is 0.353. The van der Waals surface area contributed by atoms with E-state index in [1.807, 2.05) is 6.07 Å². The van der Waals surface area contributed by atoms with Crippen LogP contribution in [0.3, 0.4) is 0 Å². The number of hydroxylamine groups is 2. The molecule has 0 spiro atoms. The Morgan fingerprint density at radius 2 is 1.95 bits per heavy atom. The number of aliphatic hydroxyl groups is 1. The van der Waals surface area contributed by atoms with Crippen LogP contribution in [-0.4, -0.2) is 33.7 Å². The van der Waals surface area contributed by atoms with Crippen LogP contribution < -0.4 is 0 Å². The zero-order valence-electron chi connectivity index (χ0n) is 12.4. The number of amides is 1. The summed E-state index contributed by atoms with van der Waals surface area (Å²) in [5.74, 6) is 0. The molecule has 6 nitrogen and oxygen atoms in total. The predicted molar refractivity (Wildman–Crippen MR) is 75.5 cm³/mol. The lowest BCUT2D eigenvalue weighted by Crippen LogP contribution is -2.37. The largest absolute Gasteiger partial charge is 0.442 e. The number of rotatable bonds is 4. The highest BCUT2D eigenvalue weighted by Crippen LogP contribution is 2.25. The van der Waals surface area contributed by atoms with Crippen LogP contribution in [0.1, 0.15) is 44.4 Å². The Kier molecular flexibility index (Phi) is 5.70. The maximum Gasteiger partial charge on any atom is 0.434 e. The number of hydrogen-bond donors (Lipinski definition) is 2. The topological polar surface area (TPSA) is 93.8 Å². The van der Waals surface area contributed by atoms with Gasteiger partial charge in [0.1, 0.15) is 5.60 Å². The SMILES string of the molecule is CC(C)(C)OC(=O)N(O)C(CCO)c1ccc(C#N)cc1. The van der Waals surface area contributed by atoms with Gasteiger partial charge in [-0.15, -0.1) is 0 Å². The van der Waals surface area contributed by atoms with Gasteiger partial charge in [0.25, 0.3) is 0 Å². The summed E-state index contributed by atoms with van der Waals surface area (Å²) in [4.78, 5) is 11.9. The number of ether oxygens (including phenoxy) is 1. The predicted octanol–water partition coefficient (Wildman–Crippen LogP) is 2.61. The van der Waals surface area contributed by atoms with Gasteiger partial charge in [0.15, 0.2) is 0 Å². The van der Waals surface area contributed by atoms with Crippen LogP contribution >= 0.6 is 0 Å². The van der Waals surface area contributed by atoms with Crippen molar-refractivity contribution in [2.75, 3.05) is 6.61 Å². The minimum atomic E-state index is -0.884. The van der Waals surface area contributed by atoms with E-state index in [0.717, 1.165) is 0 Å². The molecule has 0 fully saturated rings. The molecule has 0 aromatic heterocycles. The molecule has 0 saturated carbocycles. The minimum Gasteiger partial charge on any atom is -0.442 e. The van der Waals surface area contributed by atoms with Gasteiger partial charge in [-0.3, -0.25) is 5.21 Å². The zero-order chi connectivity index (χ0) is 16.0. The van der Waals surface area contributed by atoms with Crippen molar-refractivity contribution in [2.24, 2.45) is 0 Å². The molecule has 114 valence electrons. The van der Waals surface area contributed by atoms with Crippen LogP contribution in [0, 0.1) is 11.3 Å². The standard InChI is InChI=1S/C15H20N2O4/c1-15(2,3)21-14(19)17(20)13(8-9-18)12-6-4-11(10-16)5-7-12/h4-7,13,18,20H,8-9H2,1-3H3. The third-order valence-electron chi connectivity index (χ3n) is 2.70. The average molecular weight is 292 g/mol. The van der Waals surface area contributed by atoms with Gasteiger partial charge in [-0.2, -0.15) is 10.3 Å². The number of aliphatic hydroxyl groups excluding tert-OH is 1. The zero-order valence-corrected chi connectivity index (χ0v) is 12.4. The number of nitrogens with zero attached hydrogens (tertiary/aromatic N) is 2. The summed E-state index contributed by atoms with van der Waals surface area (Å²) in [6.07, 6.45) is -0.730. The summed E-state index contributed by atoms with van der Waals surface area (Å²) in [6, 6.07) is 7.69. The lowest BCUT2D eigenvalue weighted by atomic mass is 10.0. The van der Waals surface area contributed by atoms with Crippen LogP contribution in [0.4, 0.5) is 4.79 Å². The Hall–Kier alpha value is -2.10. The third kappa shape index (κ3) is 5.06. The molecule has 1 aromatic carbocycles. The maximum absolute atomic E-state index is 11.9. The number of carbonyl (C=O) groups excluding carboxylic acids is 1. The lowest BCUT2D eigenvalue weighted by molar-refractivity contribution is -0.125. The summed E-state index contributed by atoms with van der Waals surface area (Å²) in [7, 11) is 0. The van der Waals surface area contributed by atoms with E-state index >= 15 is 0 Å².